The maximum atomic E-state index is 12.3. The van der Waals surface area contributed by atoms with Crippen LogP contribution in [0.5, 0.6) is 0 Å². The van der Waals surface area contributed by atoms with E-state index in [9.17, 15) is 13.2 Å². The second kappa shape index (κ2) is 5.17. The molecule has 18 heavy (non-hydrogen) atoms. The summed E-state index contributed by atoms with van der Waals surface area (Å²) in [7, 11) is -2.86. The molecule has 0 spiro atoms. The topological polar surface area (TPSA) is 66.5 Å². The van der Waals surface area contributed by atoms with E-state index in [1.165, 1.54) is 0 Å². The van der Waals surface area contributed by atoms with E-state index in [2.05, 4.69) is 19.2 Å². The molecule has 1 N–H and O–H groups in total. The first-order valence-electron chi connectivity index (χ1n) is 6.69. The molecule has 2 fully saturated rings. The fraction of sp³-hybridized carbons (Fsp3) is 0.917. The summed E-state index contributed by atoms with van der Waals surface area (Å²) in [4.78, 5) is 14.1. The number of hydrogen-bond acceptors (Lipinski definition) is 4. The molecule has 0 aromatic carbocycles. The highest BCUT2D eigenvalue weighted by atomic mass is 32.2. The van der Waals surface area contributed by atoms with Crippen molar-refractivity contribution in [3.8, 4) is 0 Å². The van der Waals surface area contributed by atoms with Gasteiger partial charge in [-0.15, -0.1) is 0 Å². The van der Waals surface area contributed by atoms with Gasteiger partial charge >= 0.3 is 0 Å². The average Bonchev–Trinajstić information content (AvgIpc) is 2.70. The van der Waals surface area contributed by atoms with Gasteiger partial charge in [-0.25, -0.2) is 8.42 Å². The van der Waals surface area contributed by atoms with Crippen LogP contribution >= 0.6 is 0 Å². The fourth-order valence-electron chi connectivity index (χ4n) is 2.72. The molecule has 2 saturated heterocycles. The molecule has 2 atom stereocenters. The highest BCUT2D eigenvalue weighted by molar-refractivity contribution is 7.91. The molecule has 0 bridgehead atoms. The van der Waals surface area contributed by atoms with Crippen LogP contribution in [-0.2, 0) is 14.6 Å². The molecule has 2 rings (SSSR count). The predicted octanol–water partition coefficient (Wildman–Crippen LogP) is 0.368. The van der Waals surface area contributed by atoms with Crippen LogP contribution in [0.4, 0.5) is 0 Å². The molecule has 2 aliphatic heterocycles. The molecule has 2 aliphatic rings. The van der Waals surface area contributed by atoms with Gasteiger partial charge in [-0.2, -0.15) is 0 Å². The van der Waals surface area contributed by atoms with Gasteiger partial charge in [-0.05, 0) is 18.8 Å². The molecule has 0 aromatic heterocycles. The van der Waals surface area contributed by atoms with Crippen molar-refractivity contribution in [3.63, 3.8) is 0 Å². The first kappa shape index (κ1) is 13.8. The summed E-state index contributed by atoms with van der Waals surface area (Å²) < 4.78 is 22.8. The first-order valence-corrected chi connectivity index (χ1v) is 8.51. The molecule has 2 heterocycles. The third-order valence-corrected chi connectivity index (χ3v) is 5.92. The molecule has 104 valence electrons. The van der Waals surface area contributed by atoms with Crippen LogP contribution in [0.3, 0.4) is 0 Å². The summed E-state index contributed by atoms with van der Waals surface area (Å²) >= 11 is 0. The number of hydrogen-bond donors (Lipinski definition) is 1. The van der Waals surface area contributed by atoms with E-state index < -0.39 is 9.84 Å². The van der Waals surface area contributed by atoms with Gasteiger partial charge in [0, 0.05) is 6.04 Å². The van der Waals surface area contributed by atoms with Gasteiger partial charge in [0.05, 0.1) is 24.2 Å². The Bertz CT molecular complexity index is 407. The van der Waals surface area contributed by atoms with Crippen molar-refractivity contribution >= 4 is 15.7 Å². The van der Waals surface area contributed by atoms with E-state index in [1.54, 1.807) is 0 Å². The van der Waals surface area contributed by atoms with Crippen molar-refractivity contribution in [2.24, 2.45) is 5.92 Å². The number of rotatable bonds is 3. The minimum Gasteiger partial charge on any atom is -0.325 e. The number of sulfone groups is 1. The van der Waals surface area contributed by atoms with Crippen LogP contribution in [0.2, 0.25) is 0 Å². The quantitative estimate of drug-likeness (QED) is 0.807. The average molecular weight is 274 g/mol. The maximum Gasteiger partial charge on any atom is 0.241 e. The number of carbonyl (C=O) groups excluding carboxylic acids is 1. The van der Waals surface area contributed by atoms with Crippen LogP contribution in [-0.4, -0.2) is 49.5 Å². The zero-order chi connectivity index (χ0) is 13.3. The second-order valence-corrected chi connectivity index (χ2v) is 7.72. The highest BCUT2D eigenvalue weighted by Crippen LogP contribution is 2.23. The van der Waals surface area contributed by atoms with Crippen LogP contribution in [0, 0.1) is 5.92 Å². The number of nitrogens with one attached hydrogen (secondary N) is 1. The zero-order valence-electron chi connectivity index (χ0n) is 11.1. The van der Waals surface area contributed by atoms with E-state index in [4.69, 9.17) is 0 Å². The summed E-state index contributed by atoms with van der Waals surface area (Å²) in [5, 5.41) is 3.25. The minimum absolute atomic E-state index is 0.0893. The monoisotopic (exact) mass is 274 g/mol. The number of amides is 1. The Morgan fingerprint density at radius 1 is 1.39 bits per heavy atom. The molecule has 0 aliphatic carbocycles. The fourth-order valence-corrected chi connectivity index (χ4v) is 4.19. The Labute approximate surface area is 109 Å². The first-order chi connectivity index (χ1) is 8.44. The molecule has 5 nitrogen and oxygen atoms in total. The van der Waals surface area contributed by atoms with E-state index in [-0.39, 0.29) is 29.5 Å². The van der Waals surface area contributed by atoms with E-state index in [0.717, 1.165) is 6.42 Å². The Morgan fingerprint density at radius 3 is 2.56 bits per heavy atom. The van der Waals surface area contributed by atoms with Gasteiger partial charge in [-0.1, -0.05) is 20.3 Å². The highest BCUT2D eigenvalue weighted by Gasteiger charge is 2.39. The van der Waals surface area contributed by atoms with E-state index >= 15 is 0 Å². The van der Waals surface area contributed by atoms with E-state index in [0.29, 0.717) is 25.4 Å². The summed E-state index contributed by atoms with van der Waals surface area (Å²) in [6.07, 6.45) is 2.14. The second-order valence-electron chi connectivity index (χ2n) is 5.42. The van der Waals surface area contributed by atoms with Crippen LogP contribution in [0.25, 0.3) is 0 Å². The molecule has 6 heteroatoms. The Hall–Kier alpha value is -0.620. The Kier molecular flexibility index (Phi) is 3.96. The molecule has 2 unspecified atom stereocenters. The van der Waals surface area contributed by atoms with Gasteiger partial charge < -0.3 is 4.90 Å². The zero-order valence-corrected chi connectivity index (χ0v) is 11.9. The normalized spacial score (nSPS) is 30.7. The smallest absolute Gasteiger partial charge is 0.241 e. The summed E-state index contributed by atoms with van der Waals surface area (Å²) in [5.41, 5.74) is 0. The lowest BCUT2D eigenvalue weighted by molar-refractivity contribution is -0.131. The van der Waals surface area contributed by atoms with Gasteiger partial charge in [-0.3, -0.25) is 10.1 Å². The summed E-state index contributed by atoms with van der Waals surface area (Å²) in [6.45, 7) is 4.72. The lowest BCUT2D eigenvalue weighted by atomic mass is 9.99. The third-order valence-electron chi connectivity index (χ3n) is 4.21. The number of carbonyl (C=O) groups is 1. The lowest BCUT2D eigenvalue weighted by Gasteiger charge is -2.30. The third kappa shape index (κ3) is 2.69. The molecule has 0 radical (unpaired) electrons. The Morgan fingerprint density at radius 2 is 2.00 bits per heavy atom. The Balaban J connectivity index is 1.98. The van der Waals surface area contributed by atoms with Crippen LogP contribution < -0.4 is 5.32 Å². The molecule has 1 amide bonds. The van der Waals surface area contributed by atoms with Crippen molar-refractivity contribution in [2.45, 2.75) is 45.2 Å². The van der Waals surface area contributed by atoms with Gasteiger partial charge in [0.15, 0.2) is 0 Å². The van der Waals surface area contributed by atoms with Crippen molar-refractivity contribution in [1.29, 1.82) is 0 Å². The van der Waals surface area contributed by atoms with Crippen molar-refractivity contribution in [1.82, 2.24) is 10.2 Å². The van der Waals surface area contributed by atoms with Crippen molar-refractivity contribution < 1.29 is 13.2 Å². The van der Waals surface area contributed by atoms with Crippen LogP contribution in [0.1, 0.15) is 33.1 Å². The molecular formula is C12H22N2O3S. The predicted molar refractivity (Wildman–Crippen MR) is 69.8 cm³/mol. The largest absolute Gasteiger partial charge is 0.325 e. The number of nitrogens with zero attached hydrogens (tertiary/aromatic N) is 1. The molecule has 0 aromatic rings. The molecule has 0 saturated carbocycles. The van der Waals surface area contributed by atoms with Crippen LogP contribution in [0.15, 0.2) is 0 Å². The minimum atomic E-state index is -2.86. The lowest BCUT2D eigenvalue weighted by Crippen LogP contribution is -2.44. The SMILES string of the molecule is CCC(C)C1NCN(C2CCS(=O)(=O)CC2)C1=O. The van der Waals surface area contributed by atoms with Gasteiger partial charge in [0.2, 0.25) is 5.91 Å². The van der Waals surface area contributed by atoms with Gasteiger partial charge in [0.1, 0.15) is 9.84 Å². The van der Waals surface area contributed by atoms with Gasteiger partial charge in [0.25, 0.3) is 0 Å². The summed E-state index contributed by atoms with van der Waals surface area (Å²) in [6, 6.07) is 0.0103. The summed E-state index contributed by atoms with van der Waals surface area (Å²) in [5.74, 6) is 0.911. The van der Waals surface area contributed by atoms with Crippen molar-refractivity contribution in [3.05, 3.63) is 0 Å². The maximum absolute atomic E-state index is 12.3. The standard InChI is InChI=1S/C12H22N2O3S/c1-3-9(2)11-12(15)14(8-13-11)10-4-6-18(16,17)7-5-10/h9-11,13H,3-8H2,1-2H3. The van der Waals surface area contributed by atoms with E-state index in [1.807, 2.05) is 4.90 Å². The van der Waals surface area contributed by atoms with Crippen molar-refractivity contribution in [2.75, 3.05) is 18.2 Å². The molecular weight excluding hydrogens is 252 g/mol.